The standard InChI is InChI=1S/C27H25FN6O2/c1-4-22-21(28)10-17(12-30-22)13-31-27(35)19-6-5-7-24(16(19)2)36-25-8-9-29-26-20(25)11-23(33-26)18-14-32-34(3)15-18/h5-12,14-15H,4,13H2,1-3H3,(H,29,33)(H,31,35). The number of fused-ring (bicyclic) bond motifs is 1. The van der Waals surface area contributed by atoms with Crippen LogP contribution in [0.15, 0.2) is 61.2 Å². The van der Waals surface area contributed by atoms with Crippen molar-refractivity contribution in [2.24, 2.45) is 7.05 Å². The van der Waals surface area contributed by atoms with Crippen molar-refractivity contribution in [3.8, 4) is 22.8 Å². The number of aryl methyl sites for hydroxylation is 2. The summed E-state index contributed by atoms with van der Waals surface area (Å²) in [5.41, 5.74) is 4.67. The molecule has 4 heterocycles. The third-order valence-corrected chi connectivity index (χ3v) is 6.02. The molecule has 182 valence electrons. The number of nitrogens with one attached hydrogen (secondary N) is 2. The second-order valence-corrected chi connectivity index (χ2v) is 8.50. The molecule has 0 bridgehead atoms. The number of pyridine rings is 2. The Balaban J connectivity index is 1.36. The molecule has 2 N–H and O–H groups in total. The maximum atomic E-state index is 14.0. The van der Waals surface area contributed by atoms with Gasteiger partial charge in [0.25, 0.3) is 5.91 Å². The number of hydrogen-bond acceptors (Lipinski definition) is 5. The number of aromatic amines is 1. The topological polar surface area (TPSA) is 97.7 Å². The molecule has 0 atom stereocenters. The van der Waals surface area contributed by atoms with Crippen molar-refractivity contribution in [1.82, 2.24) is 30.0 Å². The summed E-state index contributed by atoms with van der Waals surface area (Å²) in [6.07, 6.45) is 7.46. The van der Waals surface area contributed by atoms with E-state index >= 15 is 0 Å². The van der Waals surface area contributed by atoms with Crippen LogP contribution < -0.4 is 10.1 Å². The van der Waals surface area contributed by atoms with E-state index in [4.69, 9.17) is 4.74 Å². The minimum Gasteiger partial charge on any atom is -0.456 e. The molecule has 4 aromatic heterocycles. The van der Waals surface area contributed by atoms with Crippen LogP contribution in [0.25, 0.3) is 22.3 Å². The summed E-state index contributed by atoms with van der Waals surface area (Å²) in [6, 6.07) is 10.5. The Labute approximate surface area is 207 Å². The molecule has 0 saturated heterocycles. The number of H-pyrrole nitrogens is 1. The molecule has 8 nitrogen and oxygen atoms in total. The van der Waals surface area contributed by atoms with Crippen LogP contribution in [0, 0.1) is 12.7 Å². The van der Waals surface area contributed by atoms with Crippen molar-refractivity contribution in [2.75, 3.05) is 0 Å². The number of halogens is 1. The van der Waals surface area contributed by atoms with Crippen molar-refractivity contribution in [3.05, 3.63) is 89.4 Å². The van der Waals surface area contributed by atoms with Crippen LogP contribution in [0.2, 0.25) is 0 Å². The molecule has 0 aliphatic carbocycles. The van der Waals surface area contributed by atoms with Crippen molar-refractivity contribution >= 4 is 16.9 Å². The lowest BCUT2D eigenvalue weighted by atomic mass is 10.1. The Bertz CT molecular complexity index is 1570. The predicted molar refractivity (Wildman–Crippen MR) is 134 cm³/mol. The number of nitrogens with zero attached hydrogens (tertiary/aromatic N) is 4. The molecule has 5 rings (SSSR count). The van der Waals surface area contributed by atoms with Gasteiger partial charge in [-0.05, 0) is 49.2 Å². The van der Waals surface area contributed by atoms with Gasteiger partial charge in [-0.1, -0.05) is 13.0 Å². The van der Waals surface area contributed by atoms with Gasteiger partial charge in [0.2, 0.25) is 0 Å². The third-order valence-electron chi connectivity index (χ3n) is 6.02. The van der Waals surface area contributed by atoms with E-state index in [9.17, 15) is 9.18 Å². The van der Waals surface area contributed by atoms with Crippen LogP contribution in [0.1, 0.15) is 34.1 Å². The second kappa shape index (κ2) is 9.61. The Hall–Kier alpha value is -4.53. The lowest BCUT2D eigenvalue weighted by Gasteiger charge is -2.13. The van der Waals surface area contributed by atoms with Gasteiger partial charge in [-0.25, -0.2) is 9.37 Å². The van der Waals surface area contributed by atoms with Crippen LogP contribution >= 0.6 is 0 Å². The lowest BCUT2D eigenvalue weighted by Crippen LogP contribution is -2.24. The zero-order valence-corrected chi connectivity index (χ0v) is 20.2. The molecule has 1 aromatic carbocycles. The normalized spacial score (nSPS) is 11.1. The molecule has 0 aliphatic rings. The molecular formula is C27H25FN6O2. The first-order chi connectivity index (χ1) is 17.4. The fourth-order valence-electron chi connectivity index (χ4n) is 4.04. The summed E-state index contributed by atoms with van der Waals surface area (Å²) in [4.78, 5) is 24.8. The molecule has 0 aliphatic heterocycles. The van der Waals surface area contributed by atoms with E-state index in [0.29, 0.717) is 46.0 Å². The van der Waals surface area contributed by atoms with Gasteiger partial charge < -0.3 is 15.0 Å². The van der Waals surface area contributed by atoms with Gasteiger partial charge >= 0.3 is 0 Å². The van der Waals surface area contributed by atoms with E-state index < -0.39 is 0 Å². The molecule has 0 radical (unpaired) electrons. The largest absolute Gasteiger partial charge is 0.456 e. The lowest BCUT2D eigenvalue weighted by molar-refractivity contribution is 0.0950. The third kappa shape index (κ3) is 4.55. The molecule has 0 saturated carbocycles. The second-order valence-electron chi connectivity index (χ2n) is 8.50. The maximum Gasteiger partial charge on any atom is 0.251 e. The monoisotopic (exact) mass is 484 g/mol. The van der Waals surface area contributed by atoms with Gasteiger partial charge in [-0.3, -0.25) is 14.5 Å². The van der Waals surface area contributed by atoms with Gasteiger partial charge in [0.15, 0.2) is 0 Å². The van der Waals surface area contributed by atoms with E-state index in [-0.39, 0.29) is 18.3 Å². The van der Waals surface area contributed by atoms with E-state index in [1.807, 2.05) is 39.2 Å². The van der Waals surface area contributed by atoms with Crippen LogP contribution in [-0.2, 0) is 20.0 Å². The summed E-state index contributed by atoms with van der Waals surface area (Å²) in [5, 5.41) is 7.88. The first kappa shape index (κ1) is 23.2. The van der Waals surface area contributed by atoms with Gasteiger partial charge in [0.05, 0.1) is 23.0 Å². The van der Waals surface area contributed by atoms with Crippen LogP contribution in [0.3, 0.4) is 0 Å². The van der Waals surface area contributed by atoms with Crippen molar-refractivity contribution in [2.45, 2.75) is 26.8 Å². The maximum absolute atomic E-state index is 14.0. The number of carbonyl (C=O) groups is 1. The van der Waals surface area contributed by atoms with Crippen LogP contribution in [-0.4, -0.2) is 30.6 Å². The first-order valence-corrected chi connectivity index (χ1v) is 11.6. The average Bonchev–Trinajstić information content (AvgIpc) is 3.50. The summed E-state index contributed by atoms with van der Waals surface area (Å²) in [6.45, 7) is 3.85. The molecule has 5 aromatic rings. The number of rotatable bonds is 7. The highest BCUT2D eigenvalue weighted by molar-refractivity contribution is 5.96. The molecule has 9 heteroatoms. The number of amides is 1. The Morgan fingerprint density at radius 1 is 1.17 bits per heavy atom. The Morgan fingerprint density at radius 3 is 2.78 bits per heavy atom. The SMILES string of the molecule is CCc1ncc(CNC(=O)c2cccc(Oc3ccnc4[nH]c(-c5cnn(C)c5)cc34)c2C)cc1F. The number of carbonyl (C=O) groups excluding carboxylic acids is 1. The van der Waals surface area contributed by atoms with Crippen molar-refractivity contribution in [1.29, 1.82) is 0 Å². The molecule has 1 amide bonds. The van der Waals surface area contributed by atoms with Crippen molar-refractivity contribution in [3.63, 3.8) is 0 Å². The molecule has 36 heavy (non-hydrogen) atoms. The summed E-state index contributed by atoms with van der Waals surface area (Å²) in [7, 11) is 1.86. The molecule has 0 spiro atoms. The van der Waals surface area contributed by atoms with E-state index in [1.165, 1.54) is 6.07 Å². The Morgan fingerprint density at radius 2 is 2.03 bits per heavy atom. The van der Waals surface area contributed by atoms with Crippen LogP contribution in [0.4, 0.5) is 4.39 Å². The van der Waals surface area contributed by atoms with Crippen molar-refractivity contribution < 1.29 is 13.9 Å². The number of ether oxygens (including phenoxy) is 1. The number of aromatic nitrogens is 5. The number of benzene rings is 1. The number of hydrogen-bond donors (Lipinski definition) is 2. The van der Waals surface area contributed by atoms with Gasteiger partial charge in [0, 0.05) is 48.9 Å². The highest BCUT2D eigenvalue weighted by Gasteiger charge is 2.16. The highest BCUT2D eigenvalue weighted by Crippen LogP contribution is 2.34. The first-order valence-electron chi connectivity index (χ1n) is 11.6. The zero-order valence-electron chi connectivity index (χ0n) is 20.2. The van der Waals surface area contributed by atoms with Gasteiger partial charge in [-0.15, -0.1) is 0 Å². The predicted octanol–water partition coefficient (Wildman–Crippen LogP) is 5.09. The Kier molecular flexibility index (Phi) is 6.20. The molecule has 0 fully saturated rings. The van der Waals surface area contributed by atoms with Gasteiger partial charge in [-0.2, -0.15) is 5.10 Å². The molecular weight excluding hydrogens is 459 g/mol. The summed E-state index contributed by atoms with van der Waals surface area (Å²) in [5.74, 6) is 0.526. The quantitative estimate of drug-likeness (QED) is 0.335. The smallest absolute Gasteiger partial charge is 0.251 e. The summed E-state index contributed by atoms with van der Waals surface area (Å²) >= 11 is 0. The minimum atomic E-state index is -0.365. The average molecular weight is 485 g/mol. The van der Waals surface area contributed by atoms with E-state index in [0.717, 1.165) is 16.6 Å². The van der Waals surface area contributed by atoms with Gasteiger partial charge in [0.1, 0.15) is 23.0 Å². The fourth-order valence-corrected chi connectivity index (χ4v) is 4.04. The van der Waals surface area contributed by atoms with E-state index in [2.05, 4.69) is 25.4 Å². The highest BCUT2D eigenvalue weighted by atomic mass is 19.1. The zero-order chi connectivity index (χ0) is 25.2. The summed E-state index contributed by atoms with van der Waals surface area (Å²) < 4.78 is 22.0. The fraction of sp³-hybridized carbons (Fsp3) is 0.185. The minimum absolute atomic E-state index is 0.169. The van der Waals surface area contributed by atoms with E-state index in [1.54, 1.807) is 41.5 Å². The molecule has 0 unspecified atom stereocenters. The van der Waals surface area contributed by atoms with Crippen LogP contribution in [0.5, 0.6) is 11.5 Å².